The van der Waals surface area contributed by atoms with Crippen molar-refractivity contribution in [3.8, 4) is 0 Å². The topological polar surface area (TPSA) is 12.4 Å². The van der Waals surface area contributed by atoms with Crippen molar-refractivity contribution in [1.29, 1.82) is 0 Å². The van der Waals surface area contributed by atoms with Gasteiger partial charge in [-0.15, -0.1) is 0 Å². The molecule has 0 spiro atoms. The van der Waals surface area contributed by atoms with Crippen molar-refractivity contribution in [3.05, 3.63) is 58.7 Å². The molecule has 1 nitrogen and oxygen atoms in total. The summed E-state index contributed by atoms with van der Waals surface area (Å²) in [5.74, 6) is 0. The van der Waals surface area contributed by atoms with Crippen LogP contribution >= 0.6 is 0 Å². The molecule has 0 fully saturated rings. The lowest BCUT2D eigenvalue weighted by Gasteiger charge is -2.32. The lowest BCUT2D eigenvalue weighted by molar-refractivity contribution is 0.404. The highest BCUT2D eigenvalue weighted by molar-refractivity contribution is 5.60. The Morgan fingerprint density at radius 3 is 2.64 bits per heavy atom. The van der Waals surface area contributed by atoms with Crippen LogP contribution < -0.4 is 0 Å². The van der Waals surface area contributed by atoms with Crippen LogP contribution in [0.25, 0.3) is 0 Å². The molecule has 0 unspecified atom stereocenters. The molecule has 0 aromatic rings. The lowest BCUT2D eigenvalue weighted by atomic mass is 9.73. The van der Waals surface area contributed by atoms with Gasteiger partial charge in [-0.25, -0.2) is 0 Å². The van der Waals surface area contributed by atoms with Gasteiger partial charge in [-0.2, -0.15) is 0 Å². The van der Waals surface area contributed by atoms with Crippen LogP contribution in [0, 0.1) is 5.41 Å². The van der Waals surface area contributed by atoms with E-state index in [2.05, 4.69) is 76.1 Å². The maximum Gasteiger partial charge on any atom is 0.0273 e. The van der Waals surface area contributed by atoms with Gasteiger partial charge < -0.3 is 4.99 Å². The predicted octanol–water partition coefficient (Wildman–Crippen LogP) is 6.22. The fourth-order valence-electron chi connectivity index (χ4n) is 2.72. The van der Waals surface area contributed by atoms with Gasteiger partial charge in [0, 0.05) is 19.7 Å². The predicted molar refractivity (Wildman–Crippen MR) is 101 cm³/mol. The Bertz CT molecular complexity index is 548. The highest BCUT2D eigenvalue weighted by Gasteiger charge is 2.26. The SMILES string of the molecule is CN=CC/C(C)=C/C=C/C(C)=C/C=C1/C(C)=CCCC1(C)C. The molecule has 0 saturated carbocycles. The summed E-state index contributed by atoms with van der Waals surface area (Å²) < 4.78 is 0. The van der Waals surface area contributed by atoms with Gasteiger partial charge in [0.1, 0.15) is 0 Å². The number of aliphatic imine (C=N–C) groups is 1. The average molecular weight is 297 g/mol. The highest BCUT2D eigenvalue weighted by atomic mass is 14.6. The summed E-state index contributed by atoms with van der Waals surface area (Å²) in [6.45, 7) is 11.2. The summed E-state index contributed by atoms with van der Waals surface area (Å²) in [5.41, 5.74) is 5.78. The second-order valence-corrected chi connectivity index (χ2v) is 6.82. The fourth-order valence-corrected chi connectivity index (χ4v) is 2.72. The van der Waals surface area contributed by atoms with E-state index < -0.39 is 0 Å². The van der Waals surface area contributed by atoms with Crippen LogP contribution in [0.15, 0.2) is 63.7 Å². The average Bonchev–Trinajstić information content (AvgIpc) is 2.43. The maximum absolute atomic E-state index is 4.01. The van der Waals surface area contributed by atoms with Crippen molar-refractivity contribution < 1.29 is 0 Å². The minimum atomic E-state index is 0.287. The van der Waals surface area contributed by atoms with E-state index in [4.69, 9.17) is 0 Å². The van der Waals surface area contributed by atoms with E-state index >= 15 is 0 Å². The third-order valence-electron chi connectivity index (χ3n) is 4.22. The molecule has 0 aromatic heterocycles. The zero-order chi connectivity index (χ0) is 16.6. The molecule has 0 atom stereocenters. The molecule has 22 heavy (non-hydrogen) atoms. The van der Waals surface area contributed by atoms with Crippen LogP contribution in [0.1, 0.15) is 53.9 Å². The smallest absolute Gasteiger partial charge is 0.0273 e. The second kappa shape index (κ2) is 8.73. The quantitative estimate of drug-likeness (QED) is 0.422. The molecular formula is C21H31N. The molecule has 0 saturated heterocycles. The van der Waals surface area contributed by atoms with Crippen molar-refractivity contribution in [2.45, 2.75) is 53.9 Å². The zero-order valence-electron chi connectivity index (χ0n) is 15.1. The molecule has 1 aliphatic carbocycles. The van der Waals surface area contributed by atoms with E-state index in [0.717, 1.165) is 6.42 Å². The summed E-state index contributed by atoms with van der Waals surface area (Å²) in [7, 11) is 1.81. The van der Waals surface area contributed by atoms with Crippen molar-refractivity contribution in [3.63, 3.8) is 0 Å². The summed E-state index contributed by atoms with van der Waals surface area (Å²) >= 11 is 0. The van der Waals surface area contributed by atoms with E-state index in [1.165, 1.54) is 35.1 Å². The Hall–Kier alpha value is -1.63. The monoisotopic (exact) mass is 297 g/mol. The van der Waals surface area contributed by atoms with E-state index in [9.17, 15) is 0 Å². The molecule has 0 heterocycles. The minimum Gasteiger partial charge on any atom is -0.301 e. The fraction of sp³-hybridized carbons (Fsp3) is 0.476. The first kappa shape index (κ1) is 18.4. The van der Waals surface area contributed by atoms with Gasteiger partial charge in [0.25, 0.3) is 0 Å². The Labute approximate surface area is 136 Å². The van der Waals surface area contributed by atoms with E-state index in [0.29, 0.717) is 0 Å². The van der Waals surface area contributed by atoms with Gasteiger partial charge in [-0.1, -0.05) is 67.0 Å². The first-order valence-corrected chi connectivity index (χ1v) is 8.17. The van der Waals surface area contributed by atoms with Gasteiger partial charge in [-0.3, -0.25) is 0 Å². The van der Waals surface area contributed by atoms with Gasteiger partial charge in [0.15, 0.2) is 0 Å². The first-order valence-electron chi connectivity index (χ1n) is 8.17. The third-order valence-corrected chi connectivity index (χ3v) is 4.22. The van der Waals surface area contributed by atoms with Gasteiger partial charge in [-0.05, 0) is 44.6 Å². The number of allylic oxidation sites excluding steroid dienone is 10. The van der Waals surface area contributed by atoms with E-state index in [1.807, 2.05) is 13.3 Å². The van der Waals surface area contributed by atoms with Gasteiger partial charge in [0.05, 0.1) is 0 Å². The van der Waals surface area contributed by atoms with E-state index in [-0.39, 0.29) is 5.41 Å². The van der Waals surface area contributed by atoms with Gasteiger partial charge >= 0.3 is 0 Å². The standard InChI is InChI=1S/C21H31N/c1-17(9-7-10-18(2)14-16-22-6)12-13-20-19(3)11-8-15-21(20,4)5/h7,9-13,16H,8,14-15H2,1-6H3/b9-7+,17-12+,18-10+,20-13-,22-16?. The van der Waals surface area contributed by atoms with E-state index in [1.54, 1.807) is 0 Å². The molecule has 1 rings (SSSR count). The van der Waals surface area contributed by atoms with Crippen molar-refractivity contribution in [2.24, 2.45) is 10.4 Å². The van der Waals surface area contributed by atoms with Crippen LogP contribution in [-0.2, 0) is 0 Å². The first-order chi connectivity index (χ1) is 10.4. The Balaban J connectivity index is 2.78. The second-order valence-electron chi connectivity index (χ2n) is 6.82. The molecule has 1 heteroatoms. The minimum absolute atomic E-state index is 0.287. The molecule has 0 N–H and O–H groups in total. The van der Waals surface area contributed by atoms with Crippen LogP contribution in [-0.4, -0.2) is 13.3 Å². The molecule has 0 aliphatic heterocycles. The van der Waals surface area contributed by atoms with Crippen molar-refractivity contribution in [1.82, 2.24) is 0 Å². The molecular weight excluding hydrogens is 266 g/mol. The van der Waals surface area contributed by atoms with Crippen molar-refractivity contribution in [2.75, 3.05) is 7.05 Å². The van der Waals surface area contributed by atoms with Crippen molar-refractivity contribution >= 4 is 6.21 Å². The normalized spacial score (nSPS) is 21.9. The number of hydrogen-bond acceptors (Lipinski definition) is 1. The molecule has 0 radical (unpaired) electrons. The summed E-state index contributed by atoms with van der Waals surface area (Å²) in [6, 6.07) is 0. The highest BCUT2D eigenvalue weighted by Crippen LogP contribution is 2.40. The summed E-state index contributed by atoms with van der Waals surface area (Å²) in [5, 5.41) is 0. The van der Waals surface area contributed by atoms with Crippen LogP contribution in [0.2, 0.25) is 0 Å². The lowest BCUT2D eigenvalue weighted by Crippen LogP contribution is -2.18. The molecule has 0 aromatic carbocycles. The largest absolute Gasteiger partial charge is 0.301 e. The van der Waals surface area contributed by atoms with Crippen LogP contribution in [0.3, 0.4) is 0 Å². The number of hydrogen-bond donors (Lipinski definition) is 0. The van der Waals surface area contributed by atoms with Gasteiger partial charge in [0.2, 0.25) is 0 Å². The summed E-state index contributed by atoms with van der Waals surface area (Å²) in [6.07, 6.45) is 18.6. The zero-order valence-corrected chi connectivity index (χ0v) is 15.1. The van der Waals surface area contributed by atoms with Crippen LogP contribution in [0.5, 0.6) is 0 Å². The molecule has 0 amide bonds. The number of nitrogens with zero attached hydrogens (tertiary/aromatic N) is 1. The third kappa shape index (κ3) is 6.01. The Morgan fingerprint density at radius 1 is 1.27 bits per heavy atom. The molecule has 1 aliphatic rings. The molecule has 0 bridgehead atoms. The summed E-state index contributed by atoms with van der Waals surface area (Å²) in [4.78, 5) is 4.01. The number of rotatable bonds is 5. The maximum atomic E-state index is 4.01. The Kier molecular flexibility index (Phi) is 7.31. The molecule has 120 valence electrons. The van der Waals surface area contributed by atoms with Crippen LogP contribution in [0.4, 0.5) is 0 Å². The Morgan fingerprint density at radius 2 is 2.00 bits per heavy atom.